The standard InChI is InChI=1S/C27H27N5O2S/c1-17-9-14-23(19(3)15-17)29-24(33)16-35-27-31-30-25(32(27)4)20-10-12-21(13-11-20)28-26(34)22-8-6-5-7-18(22)2/h5-15H,16H2,1-4H3,(H,28,34)(H,29,33). The highest BCUT2D eigenvalue weighted by Crippen LogP contribution is 2.25. The van der Waals surface area contributed by atoms with Gasteiger partial charge in [-0.05, 0) is 68.3 Å². The van der Waals surface area contributed by atoms with Crippen LogP contribution in [0.4, 0.5) is 11.4 Å². The molecule has 0 atom stereocenters. The molecule has 8 heteroatoms. The van der Waals surface area contributed by atoms with Crippen molar-refractivity contribution < 1.29 is 9.59 Å². The molecule has 0 aliphatic heterocycles. The number of hydrogen-bond acceptors (Lipinski definition) is 5. The number of aromatic nitrogens is 3. The van der Waals surface area contributed by atoms with E-state index in [1.807, 2.05) is 93.0 Å². The minimum atomic E-state index is -0.146. The van der Waals surface area contributed by atoms with Crippen molar-refractivity contribution in [3.63, 3.8) is 0 Å². The molecule has 4 aromatic rings. The zero-order valence-corrected chi connectivity index (χ0v) is 20.9. The molecule has 0 saturated heterocycles. The van der Waals surface area contributed by atoms with Gasteiger partial charge in [0, 0.05) is 29.5 Å². The second-order valence-corrected chi connectivity index (χ2v) is 9.31. The summed E-state index contributed by atoms with van der Waals surface area (Å²) < 4.78 is 1.86. The first-order valence-electron chi connectivity index (χ1n) is 11.2. The molecule has 178 valence electrons. The van der Waals surface area contributed by atoms with Gasteiger partial charge in [0.25, 0.3) is 5.91 Å². The number of carbonyl (C=O) groups is 2. The van der Waals surface area contributed by atoms with E-state index < -0.39 is 0 Å². The number of nitrogens with zero attached hydrogens (tertiary/aromatic N) is 3. The fraction of sp³-hybridized carbons (Fsp3) is 0.185. The number of nitrogens with one attached hydrogen (secondary N) is 2. The van der Waals surface area contributed by atoms with E-state index in [2.05, 4.69) is 20.8 Å². The van der Waals surface area contributed by atoms with Crippen LogP contribution in [0, 0.1) is 20.8 Å². The molecule has 2 amide bonds. The van der Waals surface area contributed by atoms with Crippen LogP contribution in [0.3, 0.4) is 0 Å². The number of amides is 2. The summed E-state index contributed by atoms with van der Waals surface area (Å²) in [5, 5.41) is 15.1. The smallest absolute Gasteiger partial charge is 0.255 e. The van der Waals surface area contributed by atoms with Crippen LogP contribution in [0.15, 0.2) is 71.9 Å². The van der Waals surface area contributed by atoms with Crippen LogP contribution < -0.4 is 10.6 Å². The Morgan fingerprint density at radius 1 is 0.886 bits per heavy atom. The second-order valence-electron chi connectivity index (χ2n) is 8.37. The van der Waals surface area contributed by atoms with Crippen molar-refractivity contribution in [2.75, 3.05) is 16.4 Å². The average molecular weight is 486 g/mol. The van der Waals surface area contributed by atoms with Gasteiger partial charge in [-0.15, -0.1) is 10.2 Å². The van der Waals surface area contributed by atoms with Gasteiger partial charge in [0.2, 0.25) is 5.91 Å². The number of aryl methyl sites for hydroxylation is 3. The first-order valence-corrected chi connectivity index (χ1v) is 12.2. The van der Waals surface area contributed by atoms with Gasteiger partial charge in [-0.2, -0.15) is 0 Å². The van der Waals surface area contributed by atoms with Crippen LogP contribution in [0.25, 0.3) is 11.4 Å². The predicted octanol–water partition coefficient (Wildman–Crippen LogP) is 5.39. The number of thioether (sulfide) groups is 1. The number of carbonyl (C=O) groups excluding carboxylic acids is 2. The van der Waals surface area contributed by atoms with Crippen molar-refractivity contribution in [3.05, 3.63) is 89.0 Å². The molecule has 0 aliphatic rings. The largest absolute Gasteiger partial charge is 0.325 e. The van der Waals surface area contributed by atoms with E-state index in [9.17, 15) is 9.59 Å². The first-order chi connectivity index (χ1) is 16.8. The predicted molar refractivity (Wildman–Crippen MR) is 141 cm³/mol. The van der Waals surface area contributed by atoms with Gasteiger partial charge in [0.15, 0.2) is 11.0 Å². The lowest BCUT2D eigenvalue weighted by Crippen LogP contribution is -2.15. The molecule has 0 radical (unpaired) electrons. The molecule has 1 heterocycles. The molecule has 0 unspecified atom stereocenters. The van der Waals surface area contributed by atoms with Gasteiger partial charge in [0.05, 0.1) is 5.75 Å². The summed E-state index contributed by atoms with van der Waals surface area (Å²) in [5.41, 5.74) is 6.13. The molecule has 0 aliphatic carbocycles. The van der Waals surface area contributed by atoms with Gasteiger partial charge in [0.1, 0.15) is 0 Å². The number of rotatable bonds is 7. The van der Waals surface area contributed by atoms with Crippen LogP contribution in [-0.2, 0) is 11.8 Å². The lowest BCUT2D eigenvalue weighted by molar-refractivity contribution is -0.113. The van der Waals surface area contributed by atoms with Crippen LogP contribution >= 0.6 is 11.8 Å². The SMILES string of the molecule is Cc1ccc(NC(=O)CSc2nnc(-c3ccc(NC(=O)c4ccccc4C)cc3)n2C)c(C)c1. The molecule has 7 nitrogen and oxygen atoms in total. The third-order valence-corrected chi connectivity index (χ3v) is 6.63. The summed E-state index contributed by atoms with van der Waals surface area (Å²) in [6, 6.07) is 20.9. The Balaban J connectivity index is 1.38. The molecule has 35 heavy (non-hydrogen) atoms. The summed E-state index contributed by atoms with van der Waals surface area (Å²) in [6.07, 6.45) is 0. The Labute approximate surface area is 209 Å². The minimum Gasteiger partial charge on any atom is -0.325 e. The quantitative estimate of drug-likeness (QED) is 0.343. The maximum absolute atomic E-state index is 12.6. The third kappa shape index (κ3) is 5.78. The fourth-order valence-electron chi connectivity index (χ4n) is 3.69. The normalized spacial score (nSPS) is 10.7. The average Bonchev–Trinajstić information content (AvgIpc) is 3.20. The molecule has 2 N–H and O–H groups in total. The highest BCUT2D eigenvalue weighted by atomic mass is 32.2. The summed E-state index contributed by atoms with van der Waals surface area (Å²) in [5.74, 6) is 0.662. The Kier molecular flexibility index (Phi) is 7.31. The van der Waals surface area contributed by atoms with Crippen molar-refractivity contribution in [2.24, 2.45) is 7.05 Å². The lowest BCUT2D eigenvalue weighted by atomic mass is 10.1. The van der Waals surface area contributed by atoms with E-state index in [0.717, 1.165) is 27.9 Å². The Morgan fingerprint density at radius 2 is 1.63 bits per heavy atom. The summed E-state index contributed by atoms with van der Waals surface area (Å²) in [7, 11) is 1.87. The Bertz CT molecular complexity index is 1380. The lowest BCUT2D eigenvalue weighted by Gasteiger charge is -2.09. The van der Waals surface area contributed by atoms with Crippen molar-refractivity contribution in [1.29, 1.82) is 0 Å². The Morgan fingerprint density at radius 3 is 2.34 bits per heavy atom. The molecule has 0 spiro atoms. The molecule has 0 fully saturated rings. The van der Waals surface area contributed by atoms with Crippen molar-refractivity contribution in [2.45, 2.75) is 25.9 Å². The van der Waals surface area contributed by atoms with E-state index in [-0.39, 0.29) is 17.6 Å². The van der Waals surface area contributed by atoms with E-state index in [0.29, 0.717) is 22.2 Å². The van der Waals surface area contributed by atoms with Gasteiger partial charge >= 0.3 is 0 Å². The summed E-state index contributed by atoms with van der Waals surface area (Å²) >= 11 is 1.33. The number of anilines is 2. The van der Waals surface area contributed by atoms with E-state index >= 15 is 0 Å². The highest BCUT2D eigenvalue weighted by molar-refractivity contribution is 7.99. The minimum absolute atomic E-state index is 0.0970. The molecule has 4 rings (SSSR count). The molecule has 0 bridgehead atoms. The second kappa shape index (κ2) is 10.6. The zero-order chi connectivity index (χ0) is 24.9. The highest BCUT2D eigenvalue weighted by Gasteiger charge is 2.14. The molecule has 0 saturated carbocycles. The topological polar surface area (TPSA) is 88.9 Å². The number of hydrogen-bond donors (Lipinski definition) is 2. The first kappa shape index (κ1) is 24.2. The van der Waals surface area contributed by atoms with Crippen LogP contribution in [0.1, 0.15) is 27.0 Å². The maximum atomic E-state index is 12.6. The van der Waals surface area contributed by atoms with Gasteiger partial charge in [-0.1, -0.05) is 47.7 Å². The molecule has 3 aromatic carbocycles. The van der Waals surface area contributed by atoms with Crippen molar-refractivity contribution in [3.8, 4) is 11.4 Å². The van der Waals surface area contributed by atoms with Gasteiger partial charge < -0.3 is 15.2 Å². The van der Waals surface area contributed by atoms with Crippen molar-refractivity contribution in [1.82, 2.24) is 14.8 Å². The van der Waals surface area contributed by atoms with Gasteiger partial charge in [-0.25, -0.2) is 0 Å². The zero-order valence-electron chi connectivity index (χ0n) is 20.1. The van der Waals surface area contributed by atoms with E-state index in [1.54, 1.807) is 6.07 Å². The van der Waals surface area contributed by atoms with Crippen LogP contribution in [-0.4, -0.2) is 32.3 Å². The number of benzene rings is 3. The Hall–Kier alpha value is -3.91. The monoisotopic (exact) mass is 485 g/mol. The maximum Gasteiger partial charge on any atom is 0.255 e. The van der Waals surface area contributed by atoms with Crippen LogP contribution in [0.2, 0.25) is 0 Å². The summed E-state index contributed by atoms with van der Waals surface area (Å²) in [4.78, 5) is 25.0. The van der Waals surface area contributed by atoms with E-state index in [4.69, 9.17) is 0 Å². The van der Waals surface area contributed by atoms with E-state index in [1.165, 1.54) is 11.8 Å². The third-order valence-electron chi connectivity index (χ3n) is 5.61. The van der Waals surface area contributed by atoms with Crippen molar-refractivity contribution >= 4 is 35.0 Å². The summed E-state index contributed by atoms with van der Waals surface area (Å²) in [6.45, 7) is 5.91. The fourth-order valence-corrected chi connectivity index (χ4v) is 4.40. The molecular weight excluding hydrogens is 458 g/mol. The van der Waals surface area contributed by atoms with Gasteiger partial charge in [-0.3, -0.25) is 9.59 Å². The van der Waals surface area contributed by atoms with Crippen LogP contribution in [0.5, 0.6) is 0 Å². The molecular formula is C27H27N5O2S. The molecule has 1 aromatic heterocycles.